The molecule has 1 aliphatic heterocycles. The zero-order valence-electron chi connectivity index (χ0n) is 4.11. The highest BCUT2D eigenvalue weighted by molar-refractivity contribution is 8.06. The van der Waals surface area contributed by atoms with Gasteiger partial charge >= 0.3 is 0 Å². The van der Waals surface area contributed by atoms with Crippen LogP contribution in [0.4, 0.5) is 0 Å². The summed E-state index contributed by atoms with van der Waals surface area (Å²) in [4.78, 5) is 0. The van der Waals surface area contributed by atoms with E-state index in [0.29, 0.717) is 0 Å². The van der Waals surface area contributed by atoms with Crippen LogP contribution in [0, 0.1) is 0 Å². The van der Waals surface area contributed by atoms with Crippen LogP contribution >= 0.6 is 11.8 Å². The van der Waals surface area contributed by atoms with Gasteiger partial charge in [0, 0.05) is 11.0 Å². The Balaban J connectivity index is 1.88. The maximum absolute atomic E-state index is 2.25. The summed E-state index contributed by atoms with van der Waals surface area (Å²) in [5, 5.41) is 1.06. The third-order valence-corrected chi connectivity index (χ3v) is 2.05. The molecule has 1 atom stereocenters. The van der Waals surface area contributed by atoms with Gasteiger partial charge in [0.05, 0.1) is 0 Å². The molecule has 0 N–H and O–H groups in total. The Kier molecular flexibility index (Phi) is 1.41. The van der Waals surface area contributed by atoms with E-state index < -0.39 is 0 Å². The van der Waals surface area contributed by atoms with Gasteiger partial charge in [-0.25, -0.2) is 0 Å². The summed E-state index contributed by atoms with van der Waals surface area (Å²) in [7, 11) is 0. The predicted octanol–water partition coefficient (Wildman–Crippen LogP) is 1.90. The van der Waals surface area contributed by atoms with Crippen molar-refractivity contribution in [1.29, 1.82) is 0 Å². The lowest BCUT2D eigenvalue weighted by atomic mass is 10.3. The van der Waals surface area contributed by atoms with Crippen molar-refractivity contribution >= 4 is 11.8 Å². The fourth-order valence-corrected chi connectivity index (χ4v) is 1.26. The first-order valence-corrected chi connectivity index (χ1v) is 3.60. The quantitative estimate of drug-likeness (QED) is 0.480. The highest BCUT2D eigenvalue weighted by Crippen LogP contribution is 2.33. The molecule has 0 bridgehead atoms. The SMILES string of the molecule is CCCC1CS1. The third kappa shape index (κ3) is 1.21. The summed E-state index contributed by atoms with van der Waals surface area (Å²) in [6.45, 7) is 2.25. The molecule has 0 radical (unpaired) electrons. The zero-order valence-corrected chi connectivity index (χ0v) is 4.92. The molecule has 0 spiro atoms. The van der Waals surface area contributed by atoms with Crippen LogP contribution in [0.5, 0.6) is 0 Å². The average Bonchev–Trinajstić information content (AvgIpc) is 2.21. The van der Waals surface area contributed by atoms with E-state index in [1.54, 1.807) is 0 Å². The molecule has 1 saturated heterocycles. The summed E-state index contributed by atoms with van der Waals surface area (Å²) in [6, 6.07) is 0. The Hall–Kier alpha value is 0.350. The summed E-state index contributed by atoms with van der Waals surface area (Å²) < 4.78 is 0. The molecule has 1 aliphatic rings. The molecule has 0 amide bonds. The lowest BCUT2D eigenvalue weighted by Crippen LogP contribution is -1.76. The van der Waals surface area contributed by atoms with Crippen LogP contribution in [-0.4, -0.2) is 11.0 Å². The minimum Gasteiger partial charge on any atom is -0.157 e. The number of hydrogen-bond donors (Lipinski definition) is 0. The van der Waals surface area contributed by atoms with Gasteiger partial charge in [-0.2, -0.15) is 11.8 Å². The van der Waals surface area contributed by atoms with Crippen molar-refractivity contribution in [2.45, 2.75) is 25.0 Å². The van der Waals surface area contributed by atoms with Gasteiger partial charge in [0.1, 0.15) is 0 Å². The van der Waals surface area contributed by atoms with E-state index >= 15 is 0 Å². The van der Waals surface area contributed by atoms with Crippen LogP contribution in [-0.2, 0) is 0 Å². The molecule has 1 heteroatoms. The summed E-state index contributed by atoms with van der Waals surface area (Å²) in [5.74, 6) is 1.44. The molecule has 0 aliphatic carbocycles. The van der Waals surface area contributed by atoms with Crippen LogP contribution < -0.4 is 0 Å². The highest BCUT2D eigenvalue weighted by Gasteiger charge is 2.19. The number of rotatable bonds is 2. The maximum Gasteiger partial charge on any atom is 0.0138 e. The Morgan fingerprint density at radius 1 is 1.83 bits per heavy atom. The predicted molar refractivity (Wildman–Crippen MR) is 31.2 cm³/mol. The Labute approximate surface area is 43.3 Å². The monoisotopic (exact) mass is 102 g/mol. The Morgan fingerprint density at radius 2 is 2.50 bits per heavy atom. The van der Waals surface area contributed by atoms with Gasteiger partial charge in [-0.05, 0) is 6.42 Å². The summed E-state index contributed by atoms with van der Waals surface area (Å²) in [6.07, 6.45) is 2.82. The molecule has 1 rings (SSSR count). The van der Waals surface area contributed by atoms with Gasteiger partial charge in [-0.1, -0.05) is 13.3 Å². The van der Waals surface area contributed by atoms with E-state index in [1.165, 1.54) is 18.6 Å². The lowest BCUT2D eigenvalue weighted by Gasteiger charge is -1.81. The summed E-state index contributed by atoms with van der Waals surface area (Å²) in [5.41, 5.74) is 0. The van der Waals surface area contributed by atoms with Crippen molar-refractivity contribution in [1.82, 2.24) is 0 Å². The molecule has 36 valence electrons. The molecule has 1 unspecified atom stereocenters. The molecule has 0 aromatic carbocycles. The van der Waals surface area contributed by atoms with Crippen LogP contribution in [0.3, 0.4) is 0 Å². The van der Waals surface area contributed by atoms with E-state index in [-0.39, 0.29) is 0 Å². The van der Waals surface area contributed by atoms with E-state index in [0.717, 1.165) is 5.25 Å². The molecular formula is C5H10S. The van der Waals surface area contributed by atoms with Crippen LogP contribution in [0.25, 0.3) is 0 Å². The maximum atomic E-state index is 2.25. The van der Waals surface area contributed by atoms with E-state index in [1.807, 2.05) is 0 Å². The van der Waals surface area contributed by atoms with E-state index in [9.17, 15) is 0 Å². The Bertz CT molecular complexity index is 39.2. The normalized spacial score (nSPS) is 30.5. The average molecular weight is 102 g/mol. The van der Waals surface area contributed by atoms with Crippen molar-refractivity contribution in [3.05, 3.63) is 0 Å². The molecular weight excluding hydrogens is 92.1 g/mol. The molecule has 0 aromatic heterocycles. The van der Waals surface area contributed by atoms with Gasteiger partial charge in [-0.15, -0.1) is 0 Å². The van der Waals surface area contributed by atoms with Crippen molar-refractivity contribution in [3.8, 4) is 0 Å². The topological polar surface area (TPSA) is 0 Å². The highest BCUT2D eigenvalue weighted by atomic mass is 32.2. The van der Waals surface area contributed by atoms with Crippen LogP contribution in [0.2, 0.25) is 0 Å². The fraction of sp³-hybridized carbons (Fsp3) is 1.00. The van der Waals surface area contributed by atoms with Crippen molar-refractivity contribution in [2.24, 2.45) is 0 Å². The first kappa shape index (κ1) is 4.51. The van der Waals surface area contributed by atoms with Gasteiger partial charge < -0.3 is 0 Å². The third-order valence-electron chi connectivity index (χ3n) is 1.01. The second-order valence-electron chi connectivity index (χ2n) is 1.74. The minimum absolute atomic E-state index is 1.06. The standard InChI is InChI=1S/C5H10S/c1-2-3-5-4-6-5/h5H,2-4H2,1H3. The molecule has 1 fully saturated rings. The molecule has 0 saturated carbocycles. The van der Waals surface area contributed by atoms with E-state index in [4.69, 9.17) is 0 Å². The number of thioether (sulfide) groups is 1. The first-order valence-electron chi connectivity index (χ1n) is 2.55. The molecule has 6 heavy (non-hydrogen) atoms. The van der Waals surface area contributed by atoms with Crippen molar-refractivity contribution in [2.75, 3.05) is 5.75 Å². The Morgan fingerprint density at radius 3 is 2.67 bits per heavy atom. The van der Waals surface area contributed by atoms with Crippen LogP contribution in [0.15, 0.2) is 0 Å². The van der Waals surface area contributed by atoms with Crippen molar-refractivity contribution < 1.29 is 0 Å². The number of hydrogen-bond acceptors (Lipinski definition) is 1. The largest absolute Gasteiger partial charge is 0.157 e. The zero-order chi connectivity index (χ0) is 4.41. The van der Waals surface area contributed by atoms with Gasteiger partial charge in [0.15, 0.2) is 0 Å². The second-order valence-corrected chi connectivity index (χ2v) is 3.08. The van der Waals surface area contributed by atoms with Gasteiger partial charge in [-0.3, -0.25) is 0 Å². The van der Waals surface area contributed by atoms with Gasteiger partial charge in [0.25, 0.3) is 0 Å². The summed E-state index contributed by atoms with van der Waals surface area (Å²) >= 11 is 2.09. The lowest BCUT2D eigenvalue weighted by molar-refractivity contribution is 0.830. The van der Waals surface area contributed by atoms with Crippen LogP contribution in [0.1, 0.15) is 19.8 Å². The first-order chi connectivity index (χ1) is 2.93. The molecule has 0 nitrogen and oxygen atoms in total. The second kappa shape index (κ2) is 1.87. The fourth-order valence-electron chi connectivity index (χ4n) is 0.557. The molecule has 1 heterocycles. The minimum atomic E-state index is 1.06. The van der Waals surface area contributed by atoms with Crippen molar-refractivity contribution in [3.63, 3.8) is 0 Å². The van der Waals surface area contributed by atoms with Gasteiger partial charge in [0.2, 0.25) is 0 Å². The smallest absolute Gasteiger partial charge is 0.0138 e. The molecule has 0 aromatic rings. The van der Waals surface area contributed by atoms with E-state index in [2.05, 4.69) is 18.7 Å².